The van der Waals surface area contributed by atoms with E-state index in [1.807, 2.05) is 0 Å². The molecule has 0 N–H and O–H groups in total. The normalized spacial score (nSPS) is 16.3. The van der Waals surface area contributed by atoms with Crippen molar-refractivity contribution in [3.05, 3.63) is 81.2 Å². The predicted octanol–water partition coefficient (Wildman–Crippen LogP) is 6.46. The predicted molar refractivity (Wildman–Crippen MR) is 152 cm³/mol. The average Bonchev–Trinajstić information content (AvgIpc) is 3.23. The van der Waals surface area contributed by atoms with Crippen molar-refractivity contribution in [1.82, 2.24) is 14.7 Å². The molecule has 2 aromatic carbocycles. The highest BCUT2D eigenvalue weighted by Gasteiger charge is 2.29. The largest absolute Gasteiger partial charge is 0.380 e. The third-order valence-corrected chi connectivity index (χ3v) is 8.09. The molecule has 37 heavy (non-hydrogen) atoms. The summed E-state index contributed by atoms with van der Waals surface area (Å²) < 4.78 is 14.0. The van der Waals surface area contributed by atoms with Crippen molar-refractivity contribution in [2.45, 2.75) is 92.5 Å². The minimum Gasteiger partial charge on any atom is -0.380 e. The van der Waals surface area contributed by atoms with Crippen LogP contribution in [0.1, 0.15) is 79.4 Å². The highest BCUT2D eigenvalue weighted by molar-refractivity contribution is 5.52. The second kappa shape index (κ2) is 11.5. The van der Waals surface area contributed by atoms with Crippen molar-refractivity contribution in [1.29, 1.82) is 0 Å². The minimum absolute atomic E-state index is 0.328. The van der Waals surface area contributed by atoms with E-state index in [1.54, 1.807) is 7.11 Å². The van der Waals surface area contributed by atoms with E-state index in [1.165, 1.54) is 50.5 Å². The third-order valence-electron chi connectivity index (χ3n) is 8.09. The van der Waals surface area contributed by atoms with Crippen LogP contribution in [-0.4, -0.2) is 41.0 Å². The molecular formula is C32H45N3O2. The van der Waals surface area contributed by atoms with Crippen molar-refractivity contribution in [2.24, 2.45) is 0 Å². The van der Waals surface area contributed by atoms with Gasteiger partial charge in [0.15, 0.2) is 0 Å². The lowest BCUT2D eigenvalue weighted by Gasteiger charge is -2.37. The van der Waals surface area contributed by atoms with Crippen LogP contribution < -0.4 is 0 Å². The molecule has 1 aromatic heterocycles. The SMILES string of the molecule is CCOCC1Cc2ccccc2CN1Cc1c(CC)nn(-c2c(C)cc(C(C)(C)OC)cc2C)c1CC. The molecule has 4 rings (SSSR count). The van der Waals surface area contributed by atoms with Gasteiger partial charge in [0.25, 0.3) is 0 Å². The van der Waals surface area contributed by atoms with Crippen molar-refractivity contribution in [3.8, 4) is 5.69 Å². The van der Waals surface area contributed by atoms with E-state index >= 15 is 0 Å². The number of ether oxygens (including phenoxy) is 2. The summed E-state index contributed by atoms with van der Waals surface area (Å²) in [4.78, 5) is 2.61. The minimum atomic E-state index is -0.328. The molecule has 1 aliphatic rings. The molecule has 1 atom stereocenters. The number of nitrogens with zero attached hydrogens (tertiary/aromatic N) is 3. The molecule has 0 saturated heterocycles. The number of methoxy groups -OCH3 is 1. The molecule has 0 amide bonds. The van der Waals surface area contributed by atoms with Gasteiger partial charge in [-0.05, 0) is 81.7 Å². The summed E-state index contributed by atoms with van der Waals surface area (Å²) in [7, 11) is 1.78. The lowest BCUT2D eigenvalue weighted by atomic mass is 9.93. The van der Waals surface area contributed by atoms with E-state index < -0.39 is 0 Å². The first kappa shape index (κ1) is 27.6. The maximum absolute atomic E-state index is 5.95. The Morgan fingerprint density at radius 2 is 1.68 bits per heavy atom. The van der Waals surface area contributed by atoms with Crippen LogP contribution in [0.5, 0.6) is 0 Å². The van der Waals surface area contributed by atoms with Gasteiger partial charge in [0, 0.05) is 44.1 Å². The molecule has 2 heterocycles. The van der Waals surface area contributed by atoms with Crippen LogP contribution in [0.2, 0.25) is 0 Å². The van der Waals surface area contributed by atoms with Gasteiger partial charge in [-0.2, -0.15) is 5.10 Å². The smallest absolute Gasteiger partial charge is 0.0871 e. The van der Waals surface area contributed by atoms with E-state index in [9.17, 15) is 0 Å². The number of fused-ring (bicyclic) bond motifs is 1. The van der Waals surface area contributed by atoms with Crippen LogP contribution in [0.3, 0.4) is 0 Å². The average molecular weight is 504 g/mol. The molecule has 200 valence electrons. The Bertz CT molecular complexity index is 1200. The number of aromatic nitrogens is 2. The van der Waals surface area contributed by atoms with Crippen molar-refractivity contribution < 1.29 is 9.47 Å². The van der Waals surface area contributed by atoms with Gasteiger partial charge in [0.1, 0.15) is 0 Å². The van der Waals surface area contributed by atoms with Crippen LogP contribution in [0.15, 0.2) is 36.4 Å². The van der Waals surface area contributed by atoms with Gasteiger partial charge in [0.2, 0.25) is 0 Å². The molecule has 3 aromatic rings. The summed E-state index contributed by atoms with van der Waals surface area (Å²) >= 11 is 0. The van der Waals surface area contributed by atoms with Crippen LogP contribution in [-0.2, 0) is 47.4 Å². The lowest BCUT2D eigenvalue weighted by Crippen LogP contribution is -2.43. The van der Waals surface area contributed by atoms with Gasteiger partial charge in [-0.15, -0.1) is 0 Å². The van der Waals surface area contributed by atoms with Crippen molar-refractivity contribution >= 4 is 0 Å². The second-order valence-electron chi connectivity index (χ2n) is 10.9. The third kappa shape index (κ3) is 5.55. The van der Waals surface area contributed by atoms with E-state index in [2.05, 4.69) is 94.4 Å². The number of hydrogen-bond donors (Lipinski definition) is 0. The first-order valence-electron chi connectivity index (χ1n) is 13.9. The topological polar surface area (TPSA) is 39.5 Å². The van der Waals surface area contributed by atoms with Crippen LogP contribution in [0, 0.1) is 13.8 Å². The quantitative estimate of drug-likeness (QED) is 0.318. The summed E-state index contributed by atoms with van der Waals surface area (Å²) in [6, 6.07) is 13.8. The molecule has 0 saturated carbocycles. The Labute approximate surface area is 223 Å². The highest BCUT2D eigenvalue weighted by atomic mass is 16.5. The highest BCUT2D eigenvalue weighted by Crippen LogP contribution is 2.33. The zero-order valence-corrected chi connectivity index (χ0v) is 24.1. The molecule has 0 bridgehead atoms. The Kier molecular flexibility index (Phi) is 8.57. The second-order valence-corrected chi connectivity index (χ2v) is 10.9. The van der Waals surface area contributed by atoms with Crippen LogP contribution >= 0.6 is 0 Å². The number of hydrogen-bond acceptors (Lipinski definition) is 4. The summed E-state index contributed by atoms with van der Waals surface area (Å²) in [5.74, 6) is 0. The van der Waals surface area contributed by atoms with E-state index in [4.69, 9.17) is 14.6 Å². The van der Waals surface area contributed by atoms with Crippen LogP contribution in [0.25, 0.3) is 5.69 Å². The molecule has 0 fully saturated rings. The van der Waals surface area contributed by atoms with Crippen molar-refractivity contribution in [3.63, 3.8) is 0 Å². The Hall–Kier alpha value is -2.47. The van der Waals surface area contributed by atoms with E-state index in [0.29, 0.717) is 6.04 Å². The Morgan fingerprint density at radius 3 is 2.27 bits per heavy atom. The molecule has 0 spiro atoms. The zero-order chi connectivity index (χ0) is 26.7. The maximum Gasteiger partial charge on any atom is 0.0871 e. The lowest BCUT2D eigenvalue weighted by molar-refractivity contribution is 0.0191. The Morgan fingerprint density at radius 1 is 1.00 bits per heavy atom. The van der Waals surface area contributed by atoms with E-state index in [0.717, 1.165) is 45.6 Å². The standard InChI is InChI=1S/C32H45N3O2/c1-9-29-28(20-34-19-25-15-13-12-14-24(25)18-27(34)21-37-11-3)30(10-2)35(33-29)31-22(4)16-26(17-23(31)5)32(6,7)36-8/h12-17,27H,9-11,18-21H2,1-8H3. The fourth-order valence-electron chi connectivity index (χ4n) is 5.75. The maximum atomic E-state index is 5.95. The monoisotopic (exact) mass is 503 g/mol. The molecule has 0 aliphatic carbocycles. The van der Waals surface area contributed by atoms with E-state index in [-0.39, 0.29) is 5.60 Å². The molecule has 1 aliphatic heterocycles. The van der Waals surface area contributed by atoms with Gasteiger partial charge >= 0.3 is 0 Å². The number of rotatable bonds is 10. The van der Waals surface area contributed by atoms with Gasteiger partial charge < -0.3 is 9.47 Å². The first-order valence-corrected chi connectivity index (χ1v) is 13.9. The molecule has 5 nitrogen and oxygen atoms in total. The molecule has 0 radical (unpaired) electrons. The summed E-state index contributed by atoms with van der Waals surface area (Å²) in [5, 5.41) is 5.23. The Balaban J connectivity index is 1.75. The van der Waals surface area contributed by atoms with Gasteiger partial charge in [0.05, 0.1) is 23.6 Å². The zero-order valence-electron chi connectivity index (χ0n) is 24.1. The number of aryl methyl sites for hydroxylation is 3. The molecule has 1 unspecified atom stereocenters. The summed E-state index contributed by atoms with van der Waals surface area (Å²) in [6.45, 7) is 18.6. The van der Waals surface area contributed by atoms with Gasteiger partial charge in [-0.25, -0.2) is 4.68 Å². The number of benzene rings is 2. The summed E-state index contributed by atoms with van der Waals surface area (Å²) in [6.07, 6.45) is 2.89. The summed E-state index contributed by atoms with van der Waals surface area (Å²) in [5.41, 5.74) is 11.3. The fourth-order valence-corrected chi connectivity index (χ4v) is 5.75. The van der Waals surface area contributed by atoms with Gasteiger partial charge in [-0.1, -0.05) is 50.2 Å². The van der Waals surface area contributed by atoms with Crippen LogP contribution in [0.4, 0.5) is 0 Å². The molecular weight excluding hydrogens is 458 g/mol. The first-order chi connectivity index (χ1) is 17.7. The molecule has 5 heteroatoms. The van der Waals surface area contributed by atoms with Crippen molar-refractivity contribution in [2.75, 3.05) is 20.3 Å². The fraction of sp³-hybridized carbons (Fsp3) is 0.531. The van der Waals surface area contributed by atoms with Gasteiger partial charge in [-0.3, -0.25) is 4.90 Å².